The van der Waals surface area contributed by atoms with Gasteiger partial charge in [0.2, 0.25) is 5.79 Å². The van der Waals surface area contributed by atoms with Crippen molar-refractivity contribution in [2.75, 3.05) is 26.9 Å². The Balaban J connectivity index is 1.80. The highest BCUT2D eigenvalue weighted by atomic mass is 127. The van der Waals surface area contributed by atoms with Crippen LogP contribution in [0, 0.1) is 3.57 Å². The van der Waals surface area contributed by atoms with Gasteiger partial charge in [-0.05, 0) is 59.0 Å². The second kappa shape index (κ2) is 6.85. The first-order valence-corrected chi connectivity index (χ1v) is 8.11. The van der Waals surface area contributed by atoms with E-state index in [1.165, 1.54) is 0 Å². The number of ether oxygens (including phenoxy) is 4. The predicted molar refractivity (Wildman–Crippen MR) is 91.2 cm³/mol. The maximum Gasteiger partial charge on any atom is 0.230 e. The van der Waals surface area contributed by atoms with Crippen molar-refractivity contribution in [2.45, 2.75) is 5.79 Å². The molecule has 116 valence electrons. The summed E-state index contributed by atoms with van der Waals surface area (Å²) >= 11 is 2.25. The minimum atomic E-state index is -0.856. The summed E-state index contributed by atoms with van der Waals surface area (Å²) in [5, 5.41) is 0. The fourth-order valence-corrected chi connectivity index (χ4v) is 2.91. The topological polar surface area (TPSA) is 36.9 Å². The van der Waals surface area contributed by atoms with E-state index in [1.54, 1.807) is 7.11 Å². The van der Waals surface area contributed by atoms with E-state index in [0.717, 1.165) is 20.6 Å². The third-order valence-corrected chi connectivity index (χ3v) is 4.43. The summed E-state index contributed by atoms with van der Waals surface area (Å²) in [5.41, 5.74) is 0.928. The maximum atomic E-state index is 5.95. The molecule has 0 amide bonds. The first kappa shape index (κ1) is 15.6. The Hall–Kier alpha value is -1.31. The molecule has 2 aromatic carbocycles. The molecule has 1 heterocycles. The van der Waals surface area contributed by atoms with Gasteiger partial charge in [-0.3, -0.25) is 0 Å². The van der Waals surface area contributed by atoms with E-state index in [2.05, 4.69) is 22.6 Å². The van der Waals surface area contributed by atoms with Crippen molar-refractivity contribution in [3.05, 3.63) is 57.7 Å². The average Bonchev–Trinajstić information content (AvgIpc) is 3.04. The lowest BCUT2D eigenvalue weighted by molar-refractivity contribution is -0.186. The van der Waals surface area contributed by atoms with Gasteiger partial charge < -0.3 is 18.9 Å². The normalized spacial score (nSPS) is 16.5. The number of benzene rings is 2. The lowest BCUT2D eigenvalue weighted by Crippen LogP contribution is -2.34. The van der Waals surface area contributed by atoms with Crippen LogP contribution in [0.15, 0.2) is 48.5 Å². The number of hydrogen-bond acceptors (Lipinski definition) is 4. The third-order valence-electron chi connectivity index (χ3n) is 3.54. The van der Waals surface area contributed by atoms with Crippen LogP contribution in [0.5, 0.6) is 11.5 Å². The van der Waals surface area contributed by atoms with Crippen molar-refractivity contribution < 1.29 is 18.9 Å². The Morgan fingerprint density at radius 2 is 1.73 bits per heavy atom. The summed E-state index contributed by atoms with van der Waals surface area (Å²) in [6, 6.07) is 15.6. The summed E-state index contributed by atoms with van der Waals surface area (Å²) in [4.78, 5) is 0. The van der Waals surface area contributed by atoms with Crippen LogP contribution >= 0.6 is 22.6 Å². The van der Waals surface area contributed by atoms with Gasteiger partial charge in [-0.25, -0.2) is 0 Å². The Kier molecular flexibility index (Phi) is 4.85. The van der Waals surface area contributed by atoms with E-state index in [9.17, 15) is 0 Å². The molecule has 1 fully saturated rings. The number of para-hydroxylation sites is 1. The fourth-order valence-electron chi connectivity index (χ4n) is 2.37. The quantitative estimate of drug-likeness (QED) is 0.704. The second-order valence-electron chi connectivity index (χ2n) is 4.90. The van der Waals surface area contributed by atoms with Gasteiger partial charge in [0, 0.05) is 5.56 Å². The van der Waals surface area contributed by atoms with Crippen LogP contribution in [0.25, 0.3) is 0 Å². The first-order valence-electron chi connectivity index (χ1n) is 7.03. The van der Waals surface area contributed by atoms with Crippen molar-refractivity contribution >= 4 is 22.6 Å². The Morgan fingerprint density at radius 1 is 1.05 bits per heavy atom. The molecule has 0 unspecified atom stereocenters. The van der Waals surface area contributed by atoms with E-state index in [-0.39, 0.29) is 0 Å². The number of halogens is 1. The second-order valence-corrected chi connectivity index (χ2v) is 6.06. The highest BCUT2D eigenvalue weighted by Crippen LogP contribution is 2.34. The molecular formula is C17H17IO4. The van der Waals surface area contributed by atoms with E-state index in [1.807, 2.05) is 48.5 Å². The van der Waals surface area contributed by atoms with E-state index in [4.69, 9.17) is 18.9 Å². The molecular weight excluding hydrogens is 395 g/mol. The molecule has 0 N–H and O–H groups in total. The zero-order chi connectivity index (χ0) is 15.4. The molecule has 1 aliphatic heterocycles. The molecule has 3 rings (SSSR count). The Bertz CT molecular complexity index is 621. The number of rotatable bonds is 5. The van der Waals surface area contributed by atoms with Crippen LogP contribution in [0.4, 0.5) is 0 Å². The zero-order valence-corrected chi connectivity index (χ0v) is 14.4. The zero-order valence-electron chi connectivity index (χ0n) is 12.3. The average molecular weight is 412 g/mol. The third kappa shape index (κ3) is 3.21. The largest absolute Gasteiger partial charge is 0.497 e. The molecule has 2 aromatic rings. The first-order chi connectivity index (χ1) is 10.7. The minimum absolute atomic E-state index is 0.305. The van der Waals surface area contributed by atoms with E-state index < -0.39 is 5.79 Å². The highest BCUT2D eigenvalue weighted by molar-refractivity contribution is 14.1. The van der Waals surface area contributed by atoms with Crippen molar-refractivity contribution in [2.24, 2.45) is 0 Å². The van der Waals surface area contributed by atoms with Crippen molar-refractivity contribution in [3.63, 3.8) is 0 Å². The lowest BCUT2D eigenvalue weighted by Gasteiger charge is -2.28. The summed E-state index contributed by atoms with van der Waals surface area (Å²) in [7, 11) is 1.65. The SMILES string of the molecule is COc1ccc(C2(COc3ccccc3I)OCCO2)cc1. The summed E-state index contributed by atoms with van der Waals surface area (Å²) < 4.78 is 23.9. The monoisotopic (exact) mass is 412 g/mol. The molecule has 1 aliphatic rings. The maximum absolute atomic E-state index is 5.95. The van der Waals surface area contributed by atoms with E-state index in [0.29, 0.717) is 19.8 Å². The molecule has 0 bridgehead atoms. The van der Waals surface area contributed by atoms with Gasteiger partial charge in [-0.1, -0.05) is 12.1 Å². The molecule has 1 saturated heterocycles. The van der Waals surface area contributed by atoms with Crippen molar-refractivity contribution in [1.29, 1.82) is 0 Å². The Morgan fingerprint density at radius 3 is 2.36 bits per heavy atom. The Labute approximate surface area is 143 Å². The van der Waals surface area contributed by atoms with Gasteiger partial charge in [-0.15, -0.1) is 0 Å². The van der Waals surface area contributed by atoms with Crippen LogP contribution in [0.3, 0.4) is 0 Å². The summed E-state index contributed by atoms with van der Waals surface area (Å²) in [6.45, 7) is 1.42. The predicted octanol–water partition coefficient (Wildman–Crippen LogP) is 3.58. The number of methoxy groups -OCH3 is 1. The molecule has 5 heteroatoms. The van der Waals surface area contributed by atoms with Gasteiger partial charge in [0.1, 0.15) is 18.1 Å². The van der Waals surface area contributed by atoms with Crippen LogP contribution in [-0.4, -0.2) is 26.9 Å². The molecule has 0 spiro atoms. The highest BCUT2D eigenvalue weighted by Gasteiger charge is 2.40. The molecule has 22 heavy (non-hydrogen) atoms. The molecule has 0 aromatic heterocycles. The van der Waals surface area contributed by atoms with Gasteiger partial charge in [-0.2, -0.15) is 0 Å². The fraction of sp³-hybridized carbons (Fsp3) is 0.294. The van der Waals surface area contributed by atoms with Crippen molar-refractivity contribution in [3.8, 4) is 11.5 Å². The lowest BCUT2D eigenvalue weighted by atomic mass is 10.1. The van der Waals surface area contributed by atoms with Gasteiger partial charge >= 0.3 is 0 Å². The van der Waals surface area contributed by atoms with Crippen LogP contribution in [0.1, 0.15) is 5.56 Å². The summed E-state index contributed by atoms with van der Waals surface area (Å²) in [5.74, 6) is 0.774. The standard InChI is InChI=1S/C17H17IO4/c1-19-14-8-6-13(7-9-14)17(21-10-11-22-17)12-20-16-5-3-2-4-15(16)18/h2-9H,10-12H2,1H3. The smallest absolute Gasteiger partial charge is 0.230 e. The van der Waals surface area contributed by atoms with Gasteiger partial charge in [0.15, 0.2) is 0 Å². The molecule has 0 saturated carbocycles. The van der Waals surface area contributed by atoms with Gasteiger partial charge in [0.25, 0.3) is 0 Å². The molecule has 4 nitrogen and oxygen atoms in total. The molecule has 0 aliphatic carbocycles. The van der Waals surface area contributed by atoms with Gasteiger partial charge in [0.05, 0.1) is 23.9 Å². The van der Waals surface area contributed by atoms with Crippen LogP contribution in [0.2, 0.25) is 0 Å². The summed E-state index contributed by atoms with van der Waals surface area (Å²) in [6.07, 6.45) is 0. The minimum Gasteiger partial charge on any atom is -0.497 e. The number of hydrogen-bond donors (Lipinski definition) is 0. The molecule has 0 atom stereocenters. The van der Waals surface area contributed by atoms with Crippen LogP contribution in [-0.2, 0) is 15.3 Å². The van der Waals surface area contributed by atoms with Crippen LogP contribution < -0.4 is 9.47 Å². The molecule has 0 radical (unpaired) electrons. The van der Waals surface area contributed by atoms with E-state index >= 15 is 0 Å². The van der Waals surface area contributed by atoms with Crippen molar-refractivity contribution in [1.82, 2.24) is 0 Å².